The van der Waals surface area contributed by atoms with Gasteiger partial charge in [-0.15, -0.1) is 0 Å². The van der Waals surface area contributed by atoms with E-state index in [1.165, 1.54) is 11.8 Å². The topological polar surface area (TPSA) is 73.8 Å². The maximum Gasteiger partial charge on any atom is 0.230 e. The van der Waals surface area contributed by atoms with Crippen LogP contribution in [0.25, 0.3) is 0 Å². The average Bonchev–Trinajstić information content (AvgIpc) is 2.70. The number of hydrogen-bond acceptors (Lipinski definition) is 8. The van der Waals surface area contributed by atoms with Crippen LogP contribution in [0.3, 0.4) is 0 Å². The van der Waals surface area contributed by atoms with Gasteiger partial charge < -0.3 is 19.9 Å². The molecular weight excluding hydrogens is 400 g/mol. The van der Waals surface area contributed by atoms with Crippen molar-refractivity contribution < 1.29 is 9.53 Å². The summed E-state index contributed by atoms with van der Waals surface area (Å²) in [6, 6.07) is 1.79. The van der Waals surface area contributed by atoms with Gasteiger partial charge in [0.15, 0.2) is 5.16 Å². The number of nitrogens with one attached hydrogen (secondary N) is 1. The molecule has 3 rings (SSSR count). The van der Waals surface area contributed by atoms with Crippen molar-refractivity contribution in [2.24, 2.45) is 0 Å². The molecule has 1 N–H and O–H groups in total. The van der Waals surface area contributed by atoms with Crippen molar-refractivity contribution in [1.82, 2.24) is 25.1 Å². The highest BCUT2D eigenvalue weighted by atomic mass is 35.5. The third kappa shape index (κ3) is 7.04. The Hall–Kier alpha value is -1.13. The largest absolute Gasteiger partial charge is 0.379 e. The lowest BCUT2D eigenvalue weighted by Crippen LogP contribution is -2.44. The Morgan fingerprint density at radius 3 is 2.71 bits per heavy atom. The first kappa shape index (κ1) is 21.6. The minimum atomic E-state index is -0.00306. The van der Waals surface area contributed by atoms with Crippen molar-refractivity contribution in [2.75, 3.05) is 83.3 Å². The van der Waals surface area contributed by atoms with Crippen LogP contribution in [0.5, 0.6) is 0 Å². The number of hydrogen-bond donors (Lipinski definition) is 1. The van der Waals surface area contributed by atoms with Gasteiger partial charge >= 0.3 is 0 Å². The summed E-state index contributed by atoms with van der Waals surface area (Å²) in [5, 5.41) is 3.93. The zero-order valence-electron chi connectivity index (χ0n) is 16.4. The van der Waals surface area contributed by atoms with Gasteiger partial charge in [-0.25, -0.2) is 9.97 Å². The molecule has 0 aliphatic carbocycles. The zero-order valence-corrected chi connectivity index (χ0v) is 18.0. The van der Waals surface area contributed by atoms with Crippen molar-refractivity contribution in [3.8, 4) is 0 Å². The van der Waals surface area contributed by atoms with E-state index < -0.39 is 0 Å². The van der Waals surface area contributed by atoms with Crippen LogP contribution < -0.4 is 10.2 Å². The lowest BCUT2D eigenvalue weighted by atomic mass is 10.3. The minimum Gasteiger partial charge on any atom is -0.379 e. The molecule has 0 aromatic carbocycles. The molecule has 3 heterocycles. The number of ether oxygens (including phenoxy) is 1. The summed E-state index contributed by atoms with van der Waals surface area (Å²) in [7, 11) is 2.12. The van der Waals surface area contributed by atoms with Crippen molar-refractivity contribution >= 4 is 35.1 Å². The number of halogens is 1. The molecule has 0 saturated carbocycles. The Kier molecular flexibility index (Phi) is 8.60. The predicted molar refractivity (Wildman–Crippen MR) is 112 cm³/mol. The zero-order chi connectivity index (χ0) is 19.8. The van der Waals surface area contributed by atoms with Gasteiger partial charge in [0.2, 0.25) is 5.91 Å². The molecule has 2 saturated heterocycles. The third-order valence-corrected chi connectivity index (χ3v) is 5.94. The number of anilines is 1. The number of likely N-dealkylation sites (N-methyl/N-ethyl adjacent to an activating group) is 1. The van der Waals surface area contributed by atoms with Gasteiger partial charge in [0.1, 0.15) is 11.0 Å². The van der Waals surface area contributed by atoms with Gasteiger partial charge in [-0.05, 0) is 20.0 Å². The van der Waals surface area contributed by atoms with Crippen LogP contribution in [0.4, 0.5) is 5.82 Å². The molecule has 0 unspecified atom stereocenters. The van der Waals surface area contributed by atoms with E-state index in [1.54, 1.807) is 6.07 Å². The number of amides is 1. The molecule has 8 nitrogen and oxygen atoms in total. The van der Waals surface area contributed by atoms with Gasteiger partial charge in [0.25, 0.3) is 0 Å². The monoisotopic (exact) mass is 428 g/mol. The van der Waals surface area contributed by atoms with Crippen LogP contribution in [-0.4, -0.2) is 104 Å². The number of carbonyl (C=O) groups excluding carboxylic acids is 1. The lowest BCUT2D eigenvalue weighted by Gasteiger charge is -2.33. The molecule has 0 bridgehead atoms. The normalized spacial score (nSPS) is 19.0. The summed E-state index contributed by atoms with van der Waals surface area (Å²) in [5.74, 6) is 1.12. The first-order valence-electron chi connectivity index (χ1n) is 9.78. The number of thioether (sulfide) groups is 1. The van der Waals surface area contributed by atoms with Crippen molar-refractivity contribution in [2.45, 2.75) is 11.6 Å². The predicted octanol–water partition coefficient (Wildman–Crippen LogP) is 0.812. The summed E-state index contributed by atoms with van der Waals surface area (Å²) in [6.07, 6.45) is 0.942. The van der Waals surface area contributed by atoms with E-state index in [1.807, 2.05) is 0 Å². The van der Waals surface area contributed by atoms with Gasteiger partial charge in [0.05, 0.1) is 19.0 Å². The molecule has 0 spiro atoms. The minimum absolute atomic E-state index is 0.00306. The van der Waals surface area contributed by atoms with E-state index in [0.29, 0.717) is 22.6 Å². The van der Waals surface area contributed by atoms with Gasteiger partial charge in [-0.1, -0.05) is 23.4 Å². The summed E-state index contributed by atoms with van der Waals surface area (Å²) in [6.45, 7) is 9.06. The van der Waals surface area contributed by atoms with Gasteiger partial charge in [0, 0.05) is 51.9 Å². The number of rotatable bonds is 8. The Labute approximate surface area is 175 Å². The second kappa shape index (κ2) is 11.2. The molecule has 2 aliphatic rings. The molecule has 0 radical (unpaired) electrons. The average molecular weight is 429 g/mol. The SMILES string of the molecule is CN1CCN(c2cc(Cl)nc(SCC(=O)NCCCN3CCOCC3)n2)CC1. The Bertz CT molecular complexity index is 639. The Morgan fingerprint density at radius 2 is 1.96 bits per heavy atom. The van der Waals surface area contributed by atoms with Crippen LogP contribution in [-0.2, 0) is 9.53 Å². The molecule has 1 amide bonds. The molecule has 0 atom stereocenters. The van der Waals surface area contributed by atoms with E-state index in [9.17, 15) is 4.79 Å². The van der Waals surface area contributed by atoms with E-state index in [2.05, 4.69) is 37.0 Å². The standard InChI is InChI=1S/C18H29ClN6O2S/c1-23-5-7-25(8-6-23)16-13-15(19)21-18(22-16)28-14-17(26)20-3-2-4-24-9-11-27-12-10-24/h13H,2-12,14H2,1H3,(H,20,26). The van der Waals surface area contributed by atoms with E-state index in [4.69, 9.17) is 16.3 Å². The second-order valence-electron chi connectivity index (χ2n) is 7.07. The van der Waals surface area contributed by atoms with Crippen LogP contribution in [0.15, 0.2) is 11.2 Å². The first-order valence-corrected chi connectivity index (χ1v) is 11.1. The molecule has 1 aromatic rings. The van der Waals surface area contributed by atoms with Crippen molar-refractivity contribution in [3.05, 3.63) is 11.2 Å². The summed E-state index contributed by atoms with van der Waals surface area (Å²) in [4.78, 5) is 27.8. The second-order valence-corrected chi connectivity index (χ2v) is 8.40. The fourth-order valence-corrected chi connectivity index (χ4v) is 4.09. The van der Waals surface area contributed by atoms with Gasteiger partial charge in [-0.2, -0.15) is 0 Å². The molecule has 2 fully saturated rings. The maximum absolute atomic E-state index is 12.1. The van der Waals surface area contributed by atoms with Crippen LogP contribution in [0.2, 0.25) is 5.15 Å². The summed E-state index contributed by atoms with van der Waals surface area (Å²) >= 11 is 7.50. The van der Waals surface area contributed by atoms with E-state index in [-0.39, 0.29) is 5.91 Å². The van der Waals surface area contributed by atoms with Crippen LogP contribution >= 0.6 is 23.4 Å². The number of aromatic nitrogens is 2. The molecule has 28 heavy (non-hydrogen) atoms. The van der Waals surface area contributed by atoms with Gasteiger partial charge in [-0.3, -0.25) is 9.69 Å². The molecular formula is C18H29ClN6O2S. The molecule has 2 aliphatic heterocycles. The number of piperazine rings is 1. The lowest BCUT2D eigenvalue weighted by molar-refractivity contribution is -0.118. The fraction of sp³-hybridized carbons (Fsp3) is 0.722. The van der Waals surface area contributed by atoms with E-state index in [0.717, 1.165) is 71.3 Å². The summed E-state index contributed by atoms with van der Waals surface area (Å²) in [5.41, 5.74) is 0. The van der Waals surface area contributed by atoms with Crippen molar-refractivity contribution in [3.63, 3.8) is 0 Å². The quantitative estimate of drug-likeness (QED) is 0.282. The summed E-state index contributed by atoms with van der Waals surface area (Å²) < 4.78 is 5.34. The highest BCUT2D eigenvalue weighted by Gasteiger charge is 2.17. The Morgan fingerprint density at radius 1 is 1.21 bits per heavy atom. The van der Waals surface area contributed by atoms with Crippen LogP contribution in [0, 0.1) is 0 Å². The fourth-order valence-electron chi connectivity index (χ4n) is 3.18. The maximum atomic E-state index is 12.1. The highest BCUT2D eigenvalue weighted by Crippen LogP contribution is 2.22. The molecule has 1 aromatic heterocycles. The first-order chi connectivity index (χ1) is 13.6. The van der Waals surface area contributed by atoms with Crippen LogP contribution in [0.1, 0.15) is 6.42 Å². The van der Waals surface area contributed by atoms with Crippen molar-refractivity contribution in [1.29, 1.82) is 0 Å². The number of carbonyl (C=O) groups is 1. The smallest absolute Gasteiger partial charge is 0.230 e. The Balaban J connectivity index is 1.39. The molecule has 156 valence electrons. The highest BCUT2D eigenvalue weighted by molar-refractivity contribution is 7.99. The number of nitrogens with zero attached hydrogens (tertiary/aromatic N) is 5. The third-order valence-electron chi connectivity index (χ3n) is 4.90. The molecule has 10 heteroatoms. The van der Waals surface area contributed by atoms with E-state index >= 15 is 0 Å². The number of morpholine rings is 1.